The maximum Gasteiger partial charge on any atom is 0.244 e. The zero-order valence-corrected chi connectivity index (χ0v) is 24.8. The van der Waals surface area contributed by atoms with Gasteiger partial charge in [-0.3, -0.25) is 13.9 Å². The Kier molecular flexibility index (Phi) is 11.0. The fourth-order valence-electron chi connectivity index (χ4n) is 4.20. The Labute approximate surface area is 241 Å². The topological polar surface area (TPSA) is 96.0 Å². The molecule has 0 radical (unpaired) electrons. The standard InChI is InChI=1S/C30H36ClN3O5S/c1-5-22(2)32-30(36)27(18-23-12-8-6-9-13-23)33(20-24-14-10-7-11-15-24)29(35)21-34(40(4,37)38)25-16-17-28(39-3)26(31)19-25/h6-17,19,22,27H,5,18,20-21H2,1-4H3,(H,32,36)/t22-,27+/m1/s1. The number of hydrogen-bond donors (Lipinski definition) is 1. The van der Waals surface area contributed by atoms with Gasteiger partial charge < -0.3 is 15.0 Å². The lowest BCUT2D eigenvalue weighted by Crippen LogP contribution is -2.54. The van der Waals surface area contributed by atoms with Gasteiger partial charge in [-0.05, 0) is 42.7 Å². The van der Waals surface area contributed by atoms with Gasteiger partial charge in [-0.2, -0.15) is 0 Å². The molecule has 8 nitrogen and oxygen atoms in total. The van der Waals surface area contributed by atoms with Crippen LogP contribution in [0.3, 0.4) is 0 Å². The SMILES string of the molecule is CC[C@@H](C)NC(=O)[C@H](Cc1ccccc1)N(Cc1ccccc1)C(=O)CN(c1ccc(OC)c(Cl)c1)S(C)(=O)=O. The van der Waals surface area contributed by atoms with Crippen molar-refractivity contribution in [3.05, 3.63) is 95.0 Å². The molecule has 214 valence electrons. The summed E-state index contributed by atoms with van der Waals surface area (Å²) in [6, 6.07) is 22.3. The number of carbonyl (C=O) groups excluding carboxylic acids is 2. The molecule has 2 amide bonds. The van der Waals surface area contributed by atoms with Crippen LogP contribution in [-0.2, 0) is 32.6 Å². The van der Waals surface area contributed by atoms with Crippen LogP contribution in [0.15, 0.2) is 78.9 Å². The number of ether oxygens (including phenoxy) is 1. The van der Waals surface area contributed by atoms with Crippen LogP contribution in [0.1, 0.15) is 31.4 Å². The maximum atomic E-state index is 14.1. The van der Waals surface area contributed by atoms with Gasteiger partial charge in [-0.1, -0.05) is 79.2 Å². The number of amides is 2. The number of nitrogens with zero attached hydrogens (tertiary/aromatic N) is 2. The molecular weight excluding hydrogens is 550 g/mol. The molecule has 40 heavy (non-hydrogen) atoms. The van der Waals surface area contributed by atoms with E-state index in [2.05, 4.69) is 5.32 Å². The molecule has 10 heteroatoms. The lowest BCUT2D eigenvalue weighted by atomic mass is 10.0. The summed E-state index contributed by atoms with van der Waals surface area (Å²) in [7, 11) is -2.44. The van der Waals surface area contributed by atoms with Gasteiger partial charge in [0, 0.05) is 19.0 Å². The van der Waals surface area contributed by atoms with Crippen molar-refractivity contribution >= 4 is 39.1 Å². The number of methoxy groups -OCH3 is 1. The van der Waals surface area contributed by atoms with Crippen LogP contribution in [0.2, 0.25) is 5.02 Å². The fraction of sp³-hybridized carbons (Fsp3) is 0.333. The summed E-state index contributed by atoms with van der Waals surface area (Å²) in [5.41, 5.74) is 1.90. The molecule has 3 aromatic rings. The summed E-state index contributed by atoms with van der Waals surface area (Å²) in [6.07, 6.45) is 2.00. The molecule has 0 aliphatic carbocycles. The van der Waals surface area contributed by atoms with Gasteiger partial charge in [0.25, 0.3) is 0 Å². The van der Waals surface area contributed by atoms with Crippen molar-refractivity contribution in [1.29, 1.82) is 0 Å². The minimum atomic E-state index is -3.90. The predicted octanol–water partition coefficient (Wildman–Crippen LogP) is 4.67. The van der Waals surface area contributed by atoms with E-state index in [1.807, 2.05) is 74.5 Å². The third-order valence-corrected chi connectivity index (χ3v) is 8.01. The second kappa shape index (κ2) is 14.2. The number of rotatable bonds is 13. The molecule has 0 saturated heterocycles. The van der Waals surface area contributed by atoms with E-state index in [9.17, 15) is 18.0 Å². The molecule has 0 spiro atoms. The smallest absolute Gasteiger partial charge is 0.244 e. The third-order valence-electron chi connectivity index (χ3n) is 6.57. The molecule has 0 unspecified atom stereocenters. The molecule has 2 atom stereocenters. The fourth-order valence-corrected chi connectivity index (χ4v) is 5.29. The highest BCUT2D eigenvalue weighted by Gasteiger charge is 2.33. The van der Waals surface area contributed by atoms with Gasteiger partial charge in [0.2, 0.25) is 21.8 Å². The van der Waals surface area contributed by atoms with Crippen LogP contribution in [0.5, 0.6) is 5.75 Å². The highest BCUT2D eigenvalue weighted by Crippen LogP contribution is 2.30. The minimum Gasteiger partial charge on any atom is -0.495 e. The van der Waals surface area contributed by atoms with Crippen LogP contribution < -0.4 is 14.4 Å². The third kappa shape index (κ3) is 8.47. The average Bonchev–Trinajstić information content (AvgIpc) is 2.93. The Morgan fingerprint density at radius 2 is 1.57 bits per heavy atom. The lowest BCUT2D eigenvalue weighted by Gasteiger charge is -2.34. The van der Waals surface area contributed by atoms with Crippen molar-refractivity contribution in [3.8, 4) is 5.75 Å². The van der Waals surface area contributed by atoms with E-state index < -0.39 is 28.5 Å². The van der Waals surface area contributed by atoms with Gasteiger partial charge in [0.1, 0.15) is 18.3 Å². The summed E-state index contributed by atoms with van der Waals surface area (Å²) in [5, 5.41) is 3.22. The molecule has 0 aliphatic rings. The van der Waals surface area contributed by atoms with Crippen molar-refractivity contribution < 1.29 is 22.7 Å². The number of nitrogens with one attached hydrogen (secondary N) is 1. The van der Waals surface area contributed by atoms with Gasteiger partial charge in [0.05, 0.1) is 24.1 Å². The summed E-state index contributed by atoms with van der Waals surface area (Å²) in [4.78, 5) is 29.2. The molecule has 3 aromatic carbocycles. The van der Waals surface area contributed by atoms with E-state index in [-0.39, 0.29) is 35.6 Å². The van der Waals surface area contributed by atoms with Crippen molar-refractivity contribution in [2.75, 3.05) is 24.2 Å². The number of sulfonamides is 1. The first-order chi connectivity index (χ1) is 19.0. The molecule has 1 N–H and O–H groups in total. The van der Waals surface area contributed by atoms with Crippen molar-refractivity contribution in [1.82, 2.24) is 10.2 Å². The Morgan fingerprint density at radius 1 is 0.975 bits per heavy atom. The molecule has 0 aliphatic heterocycles. The summed E-state index contributed by atoms with van der Waals surface area (Å²) < 4.78 is 32.0. The van der Waals surface area contributed by atoms with Crippen LogP contribution in [0.25, 0.3) is 0 Å². The van der Waals surface area contributed by atoms with E-state index >= 15 is 0 Å². The first kappa shape index (κ1) is 31.0. The lowest BCUT2D eigenvalue weighted by molar-refractivity contribution is -0.140. The van der Waals surface area contributed by atoms with Crippen LogP contribution in [0.4, 0.5) is 5.69 Å². The predicted molar refractivity (Wildman–Crippen MR) is 159 cm³/mol. The van der Waals surface area contributed by atoms with Crippen molar-refractivity contribution in [2.45, 2.75) is 45.3 Å². The minimum absolute atomic E-state index is 0.103. The monoisotopic (exact) mass is 585 g/mol. The van der Waals surface area contributed by atoms with E-state index in [0.29, 0.717) is 5.75 Å². The van der Waals surface area contributed by atoms with Gasteiger partial charge in [-0.15, -0.1) is 0 Å². The summed E-state index contributed by atoms with van der Waals surface area (Å²) >= 11 is 6.28. The highest BCUT2D eigenvalue weighted by molar-refractivity contribution is 7.92. The van der Waals surface area contributed by atoms with Gasteiger partial charge in [-0.25, -0.2) is 8.42 Å². The van der Waals surface area contributed by atoms with Gasteiger partial charge >= 0.3 is 0 Å². The van der Waals surface area contributed by atoms with E-state index in [4.69, 9.17) is 16.3 Å². The Bertz CT molecular complexity index is 1390. The largest absolute Gasteiger partial charge is 0.495 e. The first-order valence-corrected chi connectivity index (χ1v) is 15.2. The molecule has 0 heterocycles. The van der Waals surface area contributed by atoms with E-state index in [0.717, 1.165) is 28.1 Å². The van der Waals surface area contributed by atoms with E-state index in [1.165, 1.54) is 24.1 Å². The molecule has 0 aromatic heterocycles. The van der Waals surface area contributed by atoms with Crippen LogP contribution in [0, 0.1) is 0 Å². The number of carbonyl (C=O) groups is 2. The first-order valence-electron chi connectivity index (χ1n) is 13.0. The zero-order chi connectivity index (χ0) is 29.3. The average molecular weight is 586 g/mol. The zero-order valence-electron chi connectivity index (χ0n) is 23.2. The summed E-state index contributed by atoms with van der Waals surface area (Å²) in [5.74, 6) is -0.456. The number of benzene rings is 3. The molecular formula is C30H36ClN3O5S. The Balaban J connectivity index is 2.05. The Morgan fingerprint density at radius 3 is 2.10 bits per heavy atom. The number of halogens is 1. The van der Waals surface area contributed by atoms with Crippen LogP contribution >= 0.6 is 11.6 Å². The van der Waals surface area contributed by atoms with Crippen molar-refractivity contribution in [3.63, 3.8) is 0 Å². The molecule has 3 rings (SSSR count). The van der Waals surface area contributed by atoms with E-state index in [1.54, 1.807) is 6.07 Å². The molecule has 0 saturated carbocycles. The summed E-state index contributed by atoms with van der Waals surface area (Å²) in [6.45, 7) is 3.47. The number of anilines is 1. The Hall–Kier alpha value is -3.56. The second-order valence-electron chi connectivity index (χ2n) is 9.62. The van der Waals surface area contributed by atoms with Crippen molar-refractivity contribution in [2.24, 2.45) is 0 Å². The normalized spacial score (nSPS) is 12.7. The molecule has 0 bridgehead atoms. The highest BCUT2D eigenvalue weighted by atomic mass is 35.5. The number of hydrogen-bond acceptors (Lipinski definition) is 5. The second-order valence-corrected chi connectivity index (χ2v) is 11.9. The molecule has 0 fully saturated rings. The maximum absolute atomic E-state index is 14.1. The van der Waals surface area contributed by atoms with Gasteiger partial charge in [0.15, 0.2) is 0 Å². The van der Waals surface area contributed by atoms with Crippen LogP contribution in [-0.4, -0.2) is 57.1 Å². The quantitative estimate of drug-likeness (QED) is 0.314.